The zero-order chi connectivity index (χ0) is 10.1. The van der Waals surface area contributed by atoms with Crippen LogP contribution >= 0.6 is 0 Å². The number of hydrogen-bond acceptors (Lipinski definition) is 2. The summed E-state index contributed by atoms with van der Waals surface area (Å²) in [6, 6.07) is 0. The fraction of sp³-hybridized carbons (Fsp3) is 0.900. The Hall–Kier alpha value is -0.570. The van der Waals surface area contributed by atoms with Crippen LogP contribution in [0.15, 0.2) is 0 Å². The van der Waals surface area contributed by atoms with Gasteiger partial charge >= 0.3 is 5.97 Å². The van der Waals surface area contributed by atoms with Crippen molar-refractivity contribution < 1.29 is 9.90 Å². The minimum atomic E-state index is -0.675. The van der Waals surface area contributed by atoms with E-state index >= 15 is 0 Å². The fourth-order valence-corrected chi connectivity index (χ4v) is 1.17. The van der Waals surface area contributed by atoms with Gasteiger partial charge in [0.05, 0.1) is 0 Å². The molecule has 0 aromatic carbocycles. The number of carboxylic acids is 1. The van der Waals surface area contributed by atoms with Crippen molar-refractivity contribution in [1.29, 1.82) is 0 Å². The van der Waals surface area contributed by atoms with Crippen LogP contribution in [0.4, 0.5) is 0 Å². The first kappa shape index (κ1) is 12.4. The van der Waals surface area contributed by atoms with Crippen LogP contribution in [0.1, 0.15) is 39.0 Å². The maximum atomic E-state index is 10.2. The predicted molar refractivity (Wildman–Crippen MR) is 53.9 cm³/mol. The standard InChI is InChI=1S/C10H21NO2/c1-3-11(2)9-7-5-4-6-8-10(12)13/h3-9H2,1-2H3,(H,12,13). The molecule has 0 aromatic rings. The Bertz CT molecular complexity index is 137. The highest BCUT2D eigenvalue weighted by molar-refractivity contribution is 5.66. The van der Waals surface area contributed by atoms with Crippen LogP contribution in [0.3, 0.4) is 0 Å². The van der Waals surface area contributed by atoms with Crippen molar-refractivity contribution in [1.82, 2.24) is 4.90 Å². The van der Waals surface area contributed by atoms with Gasteiger partial charge in [-0.1, -0.05) is 19.8 Å². The second kappa shape index (κ2) is 8.05. The number of aliphatic carboxylic acids is 1. The highest BCUT2D eigenvalue weighted by Crippen LogP contribution is 2.03. The van der Waals surface area contributed by atoms with Crippen LogP contribution in [-0.4, -0.2) is 36.1 Å². The van der Waals surface area contributed by atoms with E-state index < -0.39 is 5.97 Å². The third-order valence-electron chi connectivity index (χ3n) is 2.22. The molecule has 13 heavy (non-hydrogen) atoms. The lowest BCUT2D eigenvalue weighted by Gasteiger charge is -2.12. The molecular weight excluding hydrogens is 166 g/mol. The molecule has 1 N–H and O–H groups in total. The van der Waals surface area contributed by atoms with E-state index in [0.29, 0.717) is 6.42 Å². The molecule has 0 rings (SSSR count). The Labute approximate surface area is 80.7 Å². The van der Waals surface area contributed by atoms with Crippen LogP contribution in [0.25, 0.3) is 0 Å². The molecule has 0 atom stereocenters. The van der Waals surface area contributed by atoms with Gasteiger partial charge in [0.15, 0.2) is 0 Å². The van der Waals surface area contributed by atoms with E-state index in [1.807, 2.05) is 0 Å². The number of carboxylic acid groups (broad SMARTS) is 1. The second-order valence-corrected chi connectivity index (χ2v) is 3.45. The Balaban J connectivity index is 3.04. The van der Waals surface area contributed by atoms with Gasteiger partial charge in [0.2, 0.25) is 0 Å². The van der Waals surface area contributed by atoms with Crippen molar-refractivity contribution in [2.45, 2.75) is 39.0 Å². The first-order valence-electron chi connectivity index (χ1n) is 5.07. The molecule has 3 heteroatoms. The van der Waals surface area contributed by atoms with Gasteiger partial charge in [-0.15, -0.1) is 0 Å². The van der Waals surface area contributed by atoms with Crippen molar-refractivity contribution in [2.24, 2.45) is 0 Å². The lowest BCUT2D eigenvalue weighted by atomic mass is 10.1. The fourth-order valence-electron chi connectivity index (χ4n) is 1.17. The van der Waals surface area contributed by atoms with Crippen molar-refractivity contribution in [3.8, 4) is 0 Å². The SMILES string of the molecule is CCN(C)CCCCCCC(=O)O. The summed E-state index contributed by atoms with van der Waals surface area (Å²) in [6.07, 6.45) is 4.53. The van der Waals surface area contributed by atoms with Gasteiger partial charge in [0.1, 0.15) is 0 Å². The van der Waals surface area contributed by atoms with Crippen LogP contribution < -0.4 is 0 Å². The van der Waals surface area contributed by atoms with Crippen LogP contribution in [0.5, 0.6) is 0 Å². The van der Waals surface area contributed by atoms with Gasteiger partial charge in [0, 0.05) is 6.42 Å². The van der Waals surface area contributed by atoms with E-state index in [-0.39, 0.29) is 0 Å². The second-order valence-electron chi connectivity index (χ2n) is 3.45. The summed E-state index contributed by atoms with van der Waals surface area (Å²) in [5.74, 6) is -0.675. The highest BCUT2D eigenvalue weighted by Gasteiger charge is 1.97. The first-order valence-corrected chi connectivity index (χ1v) is 5.07. The topological polar surface area (TPSA) is 40.5 Å². The van der Waals surface area contributed by atoms with E-state index in [2.05, 4.69) is 18.9 Å². The maximum absolute atomic E-state index is 10.2. The number of carbonyl (C=O) groups is 1. The molecule has 0 bridgehead atoms. The molecule has 0 radical (unpaired) electrons. The van der Waals surface area contributed by atoms with Crippen LogP contribution in [-0.2, 0) is 4.79 Å². The van der Waals surface area contributed by atoms with E-state index in [0.717, 1.165) is 32.4 Å². The summed E-state index contributed by atoms with van der Waals surface area (Å²) in [4.78, 5) is 12.5. The van der Waals surface area contributed by atoms with Crippen molar-refractivity contribution >= 4 is 5.97 Å². The smallest absolute Gasteiger partial charge is 0.303 e. The summed E-state index contributed by atoms with van der Waals surface area (Å²) < 4.78 is 0. The summed E-state index contributed by atoms with van der Waals surface area (Å²) in [5, 5.41) is 8.39. The molecule has 0 saturated carbocycles. The van der Waals surface area contributed by atoms with Gasteiger partial charge in [0.25, 0.3) is 0 Å². The quantitative estimate of drug-likeness (QED) is 0.591. The monoisotopic (exact) mass is 187 g/mol. The Kier molecular flexibility index (Phi) is 7.69. The van der Waals surface area contributed by atoms with Crippen molar-refractivity contribution in [2.75, 3.05) is 20.1 Å². The summed E-state index contributed by atoms with van der Waals surface area (Å²) in [6.45, 7) is 4.36. The average Bonchev–Trinajstić information content (AvgIpc) is 2.10. The lowest BCUT2D eigenvalue weighted by molar-refractivity contribution is -0.137. The number of rotatable bonds is 8. The van der Waals surface area contributed by atoms with E-state index in [9.17, 15) is 4.79 Å². The van der Waals surface area contributed by atoms with Gasteiger partial charge < -0.3 is 10.0 Å². The van der Waals surface area contributed by atoms with Crippen molar-refractivity contribution in [3.05, 3.63) is 0 Å². The predicted octanol–water partition coefficient (Wildman–Crippen LogP) is 1.97. The Morgan fingerprint density at radius 2 is 1.85 bits per heavy atom. The number of nitrogens with zero attached hydrogens (tertiary/aromatic N) is 1. The van der Waals surface area contributed by atoms with E-state index in [4.69, 9.17) is 5.11 Å². The molecule has 0 saturated heterocycles. The lowest BCUT2D eigenvalue weighted by Crippen LogP contribution is -2.18. The molecule has 0 fully saturated rings. The maximum Gasteiger partial charge on any atom is 0.303 e. The summed E-state index contributed by atoms with van der Waals surface area (Å²) in [7, 11) is 2.11. The molecule has 0 unspecified atom stereocenters. The molecule has 0 aromatic heterocycles. The van der Waals surface area contributed by atoms with Crippen molar-refractivity contribution in [3.63, 3.8) is 0 Å². The van der Waals surface area contributed by atoms with Gasteiger partial charge in [-0.25, -0.2) is 0 Å². The summed E-state index contributed by atoms with van der Waals surface area (Å²) >= 11 is 0. The average molecular weight is 187 g/mol. The molecule has 0 aliphatic heterocycles. The van der Waals surface area contributed by atoms with Gasteiger partial charge in [-0.05, 0) is 33.0 Å². The molecule has 0 heterocycles. The molecule has 78 valence electrons. The van der Waals surface area contributed by atoms with E-state index in [1.165, 1.54) is 6.42 Å². The zero-order valence-corrected chi connectivity index (χ0v) is 8.75. The minimum Gasteiger partial charge on any atom is -0.481 e. The number of hydrogen-bond donors (Lipinski definition) is 1. The first-order chi connectivity index (χ1) is 6.16. The normalized spacial score (nSPS) is 10.7. The molecular formula is C10H21NO2. The number of unbranched alkanes of at least 4 members (excludes halogenated alkanes) is 3. The van der Waals surface area contributed by atoms with Crippen LogP contribution in [0, 0.1) is 0 Å². The third-order valence-corrected chi connectivity index (χ3v) is 2.22. The Morgan fingerprint density at radius 1 is 1.23 bits per heavy atom. The molecule has 0 aliphatic carbocycles. The van der Waals surface area contributed by atoms with Gasteiger partial charge in [-0.2, -0.15) is 0 Å². The molecule has 0 spiro atoms. The minimum absolute atomic E-state index is 0.323. The van der Waals surface area contributed by atoms with Gasteiger partial charge in [-0.3, -0.25) is 4.79 Å². The molecule has 0 amide bonds. The largest absolute Gasteiger partial charge is 0.481 e. The Morgan fingerprint density at radius 3 is 2.38 bits per heavy atom. The third kappa shape index (κ3) is 9.34. The molecule has 0 aliphatic rings. The highest BCUT2D eigenvalue weighted by atomic mass is 16.4. The van der Waals surface area contributed by atoms with Crippen LogP contribution in [0.2, 0.25) is 0 Å². The van der Waals surface area contributed by atoms with E-state index in [1.54, 1.807) is 0 Å². The summed E-state index contributed by atoms with van der Waals surface area (Å²) in [5.41, 5.74) is 0. The molecule has 3 nitrogen and oxygen atoms in total. The zero-order valence-electron chi connectivity index (χ0n) is 8.75.